The van der Waals surface area contributed by atoms with E-state index < -0.39 is 10.0 Å². The van der Waals surface area contributed by atoms with Crippen molar-refractivity contribution < 1.29 is 13.2 Å². The van der Waals surface area contributed by atoms with Crippen molar-refractivity contribution >= 4 is 15.9 Å². The van der Waals surface area contributed by atoms with E-state index in [0.29, 0.717) is 18.8 Å². The van der Waals surface area contributed by atoms with Crippen molar-refractivity contribution in [1.82, 2.24) is 19.4 Å². The number of hydrogen-bond donors (Lipinski definition) is 1. The van der Waals surface area contributed by atoms with E-state index in [1.54, 1.807) is 41.1 Å². The Balaban J connectivity index is 1.82. The van der Waals surface area contributed by atoms with Gasteiger partial charge in [0.25, 0.3) is 5.91 Å². The van der Waals surface area contributed by atoms with Gasteiger partial charge in [-0.25, -0.2) is 8.42 Å². The normalized spacial score (nSPS) is 15.3. The number of fused-ring (bicyclic) bond motifs is 1. The minimum Gasteiger partial charge on any atom is -0.348 e. The fourth-order valence-electron chi connectivity index (χ4n) is 2.64. The third kappa shape index (κ3) is 3.20. The maximum atomic E-state index is 12.7. The highest BCUT2D eigenvalue weighted by Gasteiger charge is 2.29. The lowest BCUT2D eigenvalue weighted by atomic mass is 10.3. The topological polar surface area (TPSA) is 84.3 Å². The minimum atomic E-state index is -3.54. The third-order valence-electron chi connectivity index (χ3n) is 3.80. The van der Waals surface area contributed by atoms with Crippen molar-refractivity contribution in [1.29, 1.82) is 0 Å². The van der Waals surface area contributed by atoms with Crippen LogP contribution in [0.3, 0.4) is 0 Å². The van der Waals surface area contributed by atoms with Crippen LogP contribution in [0.1, 0.15) is 30.0 Å². The average molecular weight is 348 g/mol. The molecule has 1 N–H and O–H groups in total. The van der Waals surface area contributed by atoms with Crippen LogP contribution < -0.4 is 5.32 Å². The Kier molecular flexibility index (Phi) is 4.42. The second-order valence-electron chi connectivity index (χ2n) is 6.02. The molecular formula is C16H20N4O3S. The largest absolute Gasteiger partial charge is 0.348 e. The maximum Gasteiger partial charge on any atom is 0.271 e. The first-order valence-corrected chi connectivity index (χ1v) is 9.25. The molecule has 1 aromatic heterocycles. The number of sulfonamides is 1. The Labute approximate surface area is 141 Å². The smallest absolute Gasteiger partial charge is 0.271 e. The minimum absolute atomic E-state index is 0.0196. The molecule has 3 rings (SSSR count). The van der Waals surface area contributed by atoms with Crippen LogP contribution in [0.4, 0.5) is 0 Å². The van der Waals surface area contributed by atoms with Crippen LogP contribution >= 0.6 is 0 Å². The molecule has 1 aliphatic heterocycles. The number of rotatable bonds is 4. The van der Waals surface area contributed by atoms with Gasteiger partial charge in [0, 0.05) is 12.6 Å². The van der Waals surface area contributed by atoms with E-state index in [-0.39, 0.29) is 23.4 Å². The molecule has 0 fully saturated rings. The number of nitrogens with zero attached hydrogens (tertiary/aromatic N) is 3. The summed E-state index contributed by atoms with van der Waals surface area (Å²) in [5.74, 6) is -0.246. The van der Waals surface area contributed by atoms with E-state index in [2.05, 4.69) is 10.4 Å². The first kappa shape index (κ1) is 16.7. The molecule has 0 saturated carbocycles. The predicted molar refractivity (Wildman–Crippen MR) is 88.9 cm³/mol. The van der Waals surface area contributed by atoms with E-state index in [9.17, 15) is 13.2 Å². The highest BCUT2D eigenvalue weighted by molar-refractivity contribution is 7.89. The zero-order chi connectivity index (χ0) is 17.3. The van der Waals surface area contributed by atoms with Gasteiger partial charge in [0.15, 0.2) is 5.69 Å². The summed E-state index contributed by atoms with van der Waals surface area (Å²) in [5, 5.41) is 7.06. The lowest BCUT2D eigenvalue weighted by Crippen LogP contribution is -2.38. The van der Waals surface area contributed by atoms with Crippen molar-refractivity contribution in [2.45, 2.75) is 37.9 Å². The molecule has 2 aromatic rings. The van der Waals surface area contributed by atoms with E-state index >= 15 is 0 Å². The summed E-state index contributed by atoms with van der Waals surface area (Å²) in [4.78, 5) is 12.3. The number of amides is 1. The summed E-state index contributed by atoms with van der Waals surface area (Å²) in [6, 6.07) is 10.0. The molecular weight excluding hydrogens is 328 g/mol. The fraction of sp³-hybridized carbons (Fsp3) is 0.375. The number of benzene rings is 1. The van der Waals surface area contributed by atoms with Crippen LogP contribution in [-0.4, -0.2) is 41.0 Å². The molecule has 128 valence electrons. The van der Waals surface area contributed by atoms with Crippen molar-refractivity contribution in [3.63, 3.8) is 0 Å². The van der Waals surface area contributed by atoms with Gasteiger partial charge in [0.1, 0.15) is 0 Å². The summed E-state index contributed by atoms with van der Waals surface area (Å²) in [6.45, 7) is 4.72. The zero-order valence-electron chi connectivity index (χ0n) is 13.6. The summed E-state index contributed by atoms with van der Waals surface area (Å²) in [6.07, 6.45) is 0. The molecule has 8 heteroatoms. The number of hydrogen-bond acceptors (Lipinski definition) is 4. The molecule has 0 spiro atoms. The van der Waals surface area contributed by atoms with E-state index in [1.165, 1.54) is 4.31 Å². The van der Waals surface area contributed by atoms with Crippen LogP contribution in [0.2, 0.25) is 0 Å². The fourth-order valence-corrected chi connectivity index (χ4v) is 4.06. The quantitative estimate of drug-likeness (QED) is 0.900. The molecule has 7 nitrogen and oxygen atoms in total. The molecule has 0 radical (unpaired) electrons. The number of aromatic nitrogens is 2. The first-order valence-electron chi connectivity index (χ1n) is 7.81. The van der Waals surface area contributed by atoms with Gasteiger partial charge in [-0.1, -0.05) is 18.2 Å². The molecule has 0 saturated heterocycles. The monoisotopic (exact) mass is 348 g/mol. The maximum absolute atomic E-state index is 12.7. The summed E-state index contributed by atoms with van der Waals surface area (Å²) in [7, 11) is -3.54. The van der Waals surface area contributed by atoms with Gasteiger partial charge in [-0.2, -0.15) is 9.40 Å². The highest BCUT2D eigenvalue weighted by atomic mass is 32.2. The van der Waals surface area contributed by atoms with E-state index in [0.717, 1.165) is 5.69 Å². The zero-order valence-corrected chi connectivity index (χ0v) is 14.5. The Bertz CT molecular complexity index is 843. The number of carbonyl (C=O) groups is 1. The van der Waals surface area contributed by atoms with E-state index in [4.69, 9.17) is 0 Å². The van der Waals surface area contributed by atoms with Gasteiger partial charge in [0.2, 0.25) is 10.0 Å². The Hall–Kier alpha value is -2.19. The van der Waals surface area contributed by atoms with Crippen LogP contribution in [-0.2, 0) is 23.1 Å². The molecule has 0 bridgehead atoms. The number of nitrogens with one attached hydrogen (secondary N) is 1. The summed E-state index contributed by atoms with van der Waals surface area (Å²) in [5.41, 5.74) is 1.03. The van der Waals surface area contributed by atoms with Gasteiger partial charge < -0.3 is 5.32 Å². The lowest BCUT2D eigenvalue weighted by molar-refractivity contribution is 0.0937. The molecule has 0 aliphatic carbocycles. The van der Waals surface area contributed by atoms with Crippen molar-refractivity contribution in [2.24, 2.45) is 0 Å². The Morgan fingerprint density at radius 1 is 1.21 bits per heavy atom. The predicted octanol–water partition coefficient (Wildman–Crippen LogP) is 1.23. The van der Waals surface area contributed by atoms with Gasteiger partial charge >= 0.3 is 0 Å². The molecule has 1 amide bonds. The second kappa shape index (κ2) is 6.37. The van der Waals surface area contributed by atoms with Gasteiger partial charge in [-0.15, -0.1) is 0 Å². The van der Waals surface area contributed by atoms with Crippen LogP contribution in [0, 0.1) is 0 Å². The lowest BCUT2D eigenvalue weighted by Gasteiger charge is -2.26. The Morgan fingerprint density at radius 3 is 2.58 bits per heavy atom. The SMILES string of the molecule is CC(C)NC(=O)c1cc2n(n1)CCN(S(=O)(=O)c1ccccc1)C2. The average Bonchev–Trinajstić information content (AvgIpc) is 2.98. The molecule has 1 aliphatic rings. The molecule has 0 unspecified atom stereocenters. The Morgan fingerprint density at radius 2 is 1.92 bits per heavy atom. The highest BCUT2D eigenvalue weighted by Crippen LogP contribution is 2.22. The van der Waals surface area contributed by atoms with Crippen LogP contribution in [0.25, 0.3) is 0 Å². The van der Waals surface area contributed by atoms with Crippen molar-refractivity contribution in [3.05, 3.63) is 47.8 Å². The van der Waals surface area contributed by atoms with E-state index in [1.807, 2.05) is 13.8 Å². The summed E-state index contributed by atoms with van der Waals surface area (Å²) >= 11 is 0. The van der Waals surface area contributed by atoms with Crippen LogP contribution in [0.15, 0.2) is 41.3 Å². The molecule has 2 heterocycles. The summed E-state index contributed by atoms with van der Waals surface area (Å²) < 4.78 is 28.5. The molecule has 0 atom stereocenters. The second-order valence-corrected chi connectivity index (χ2v) is 7.96. The van der Waals surface area contributed by atoms with Crippen molar-refractivity contribution in [3.8, 4) is 0 Å². The van der Waals surface area contributed by atoms with Crippen LogP contribution in [0.5, 0.6) is 0 Å². The van der Waals surface area contributed by atoms with Gasteiger partial charge in [0.05, 0.1) is 23.7 Å². The van der Waals surface area contributed by atoms with Gasteiger partial charge in [-0.3, -0.25) is 9.48 Å². The molecule has 1 aromatic carbocycles. The first-order chi connectivity index (χ1) is 11.4. The van der Waals surface area contributed by atoms with Crippen molar-refractivity contribution in [2.75, 3.05) is 6.54 Å². The molecule has 24 heavy (non-hydrogen) atoms. The third-order valence-corrected chi connectivity index (χ3v) is 5.66. The standard InChI is InChI=1S/C16H20N4O3S/c1-12(2)17-16(21)15-10-13-11-19(8-9-20(13)18-15)24(22,23)14-6-4-3-5-7-14/h3-7,10,12H,8-9,11H2,1-2H3,(H,17,21). The number of carbonyl (C=O) groups excluding carboxylic acids is 1. The van der Waals surface area contributed by atoms with Gasteiger partial charge in [-0.05, 0) is 32.0 Å².